The van der Waals surface area contributed by atoms with Crippen LogP contribution in [0.4, 0.5) is 11.4 Å². The van der Waals surface area contributed by atoms with Crippen LogP contribution in [0.2, 0.25) is 0 Å². The summed E-state index contributed by atoms with van der Waals surface area (Å²) in [4.78, 5) is 10.2. The quantitative estimate of drug-likeness (QED) is 0.330. The maximum absolute atomic E-state index is 10.6. The number of nitrogens with zero attached hydrogens (tertiary/aromatic N) is 2. The van der Waals surface area contributed by atoms with Gasteiger partial charge in [-0.1, -0.05) is 0 Å². The molecular formula is C10H15N2O3+. The molecule has 0 saturated carbocycles. The van der Waals surface area contributed by atoms with Crippen LogP contribution in [0.3, 0.4) is 0 Å². The lowest BCUT2D eigenvalue weighted by molar-refractivity contribution is -0.384. The van der Waals surface area contributed by atoms with Gasteiger partial charge in [0.1, 0.15) is 5.69 Å². The second kappa shape index (κ2) is 4.37. The first kappa shape index (κ1) is 11.6. The van der Waals surface area contributed by atoms with Crippen molar-refractivity contribution in [2.45, 2.75) is 0 Å². The molecule has 0 spiro atoms. The van der Waals surface area contributed by atoms with E-state index in [4.69, 9.17) is 4.74 Å². The largest absolute Gasteiger partial charge is 0.335 e. The normalized spacial score (nSPS) is 11.4. The molecule has 82 valence electrons. The standard InChI is InChI=1S/C10H15N2O3/c1-12(2,8-15-3)10-6-4-5-9(7-10)11(13)14/h4-7H,8H2,1-3H3/q+1. The number of non-ortho nitro benzene ring substituents is 1. The zero-order valence-electron chi connectivity index (χ0n) is 9.14. The molecule has 0 aliphatic carbocycles. The molecule has 1 aromatic carbocycles. The molecule has 0 aliphatic heterocycles. The monoisotopic (exact) mass is 211 g/mol. The maximum Gasteiger partial charge on any atom is 0.275 e. The number of methoxy groups -OCH3 is 1. The van der Waals surface area contributed by atoms with Gasteiger partial charge in [0.15, 0.2) is 6.73 Å². The summed E-state index contributed by atoms with van der Waals surface area (Å²) >= 11 is 0. The summed E-state index contributed by atoms with van der Waals surface area (Å²) in [5.41, 5.74) is 0.959. The first-order valence-electron chi connectivity index (χ1n) is 4.54. The highest BCUT2D eigenvalue weighted by atomic mass is 16.6. The van der Waals surface area contributed by atoms with Crippen LogP contribution in [0.25, 0.3) is 0 Å². The van der Waals surface area contributed by atoms with Gasteiger partial charge in [0, 0.05) is 13.2 Å². The van der Waals surface area contributed by atoms with Gasteiger partial charge in [0.05, 0.1) is 25.1 Å². The fraction of sp³-hybridized carbons (Fsp3) is 0.400. The van der Waals surface area contributed by atoms with Gasteiger partial charge in [-0.2, -0.15) is 0 Å². The van der Waals surface area contributed by atoms with E-state index in [2.05, 4.69) is 0 Å². The molecule has 15 heavy (non-hydrogen) atoms. The average Bonchev–Trinajstić information content (AvgIpc) is 2.18. The lowest BCUT2D eigenvalue weighted by Crippen LogP contribution is -2.42. The lowest BCUT2D eigenvalue weighted by atomic mass is 10.2. The topological polar surface area (TPSA) is 52.4 Å². The molecule has 0 amide bonds. The zero-order valence-corrected chi connectivity index (χ0v) is 9.14. The summed E-state index contributed by atoms with van der Waals surface area (Å²) in [5, 5.41) is 10.6. The van der Waals surface area contributed by atoms with Crippen LogP contribution >= 0.6 is 0 Å². The summed E-state index contributed by atoms with van der Waals surface area (Å²) in [6, 6.07) is 6.59. The molecule has 0 saturated heterocycles. The number of rotatable bonds is 4. The summed E-state index contributed by atoms with van der Waals surface area (Å²) < 4.78 is 5.52. The molecule has 1 aromatic rings. The average molecular weight is 211 g/mol. The predicted molar refractivity (Wildman–Crippen MR) is 58.6 cm³/mol. The van der Waals surface area contributed by atoms with Gasteiger partial charge >= 0.3 is 0 Å². The highest BCUT2D eigenvalue weighted by molar-refractivity contribution is 5.49. The van der Waals surface area contributed by atoms with E-state index in [1.807, 2.05) is 20.2 Å². The van der Waals surface area contributed by atoms with Crippen LogP contribution in [0.1, 0.15) is 0 Å². The lowest BCUT2D eigenvalue weighted by Gasteiger charge is -2.27. The predicted octanol–water partition coefficient (Wildman–Crippen LogP) is 1.77. The molecular weight excluding hydrogens is 196 g/mol. The molecule has 0 fully saturated rings. The Kier molecular flexibility index (Phi) is 3.39. The van der Waals surface area contributed by atoms with Crippen molar-refractivity contribution in [3.63, 3.8) is 0 Å². The van der Waals surface area contributed by atoms with Crippen LogP contribution < -0.4 is 4.48 Å². The van der Waals surface area contributed by atoms with E-state index in [0.29, 0.717) is 11.2 Å². The summed E-state index contributed by atoms with van der Waals surface area (Å²) in [5.74, 6) is 0. The molecule has 0 aliphatic rings. The molecule has 0 N–H and O–H groups in total. The molecule has 1 rings (SSSR count). The van der Waals surface area contributed by atoms with E-state index in [-0.39, 0.29) is 5.69 Å². The van der Waals surface area contributed by atoms with Gasteiger partial charge in [0.2, 0.25) is 0 Å². The van der Waals surface area contributed by atoms with Crippen LogP contribution in [0.15, 0.2) is 24.3 Å². The minimum atomic E-state index is -0.393. The number of benzene rings is 1. The molecule has 0 heterocycles. The number of quaternary nitrogens is 1. The van der Waals surface area contributed by atoms with Crippen molar-refractivity contribution in [2.75, 3.05) is 27.9 Å². The minimum Gasteiger partial charge on any atom is -0.335 e. The number of hydrogen-bond donors (Lipinski definition) is 0. The SMILES string of the molecule is COC[N+](C)(C)c1cccc([N+](=O)[O-])c1. The molecule has 0 radical (unpaired) electrons. The number of hydrogen-bond acceptors (Lipinski definition) is 3. The smallest absolute Gasteiger partial charge is 0.275 e. The first-order chi connectivity index (χ1) is 6.97. The molecule has 0 bridgehead atoms. The summed E-state index contributed by atoms with van der Waals surface area (Å²) in [7, 11) is 5.47. The van der Waals surface area contributed by atoms with E-state index in [1.165, 1.54) is 6.07 Å². The fourth-order valence-corrected chi connectivity index (χ4v) is 1.38. The highest BCUT2D eigenvalue weighted by Crippen LogP contribution is 2.23. The van der Waals surface area contributed by atoms with Gasteiger partial charge in [-0.05, 0) is 12.1 Å². The van der Waals surface area contributed by atoms with Crippen molar-refractivity contribution < 1.29 is 9.66 Å². The molecule has 0 atom stereocenters. The van der Waals surface area contributed by atoms with Crippen molar-refractivity contribution in [3.8, 4) is 0 Å². The van der Waals surface area contributed by atoms with Crippen LogP contribution in [-0.4, -0.2) is 32.9 Å². The Hall–Kier alpha value is -1.46. The third kappa shape index (κ3) is 2.74. The summed E-state index contributed by atoms with van der Waals surface area (Å²) in [6.45, 7) is 0.473. The van der Waals surface area contributed by atoms with Crippen molar-refractivity contribution in [1.82, 2.24) is 4.48 Å². The van der Waals surface area contributed by atoms with Crippen molar-refractivity contribution >= 4 is 11.4 Å². The van der Waals surface area contributed by atoms with Gasteiger partial charge < -0.3 is 4.74 Å². The maximum atomic E-state index is 10.6. The van der Waals surface area contributed by atoms with Gasteiger partial charge in [0.25, 0.3) is 5.69 Å². The van der Waals surface area contributed by atoms with Crippen molar-refractivity contribution in [3.05, 3.63) is 34.4 Å². The van der Waals surface area contributed by atoms with Gasteiger partial charge in [-0.15, -0.1) is 0 Å². The Morgan fingerprint density at radius 1 is 1.47 bits per heavy atom. The van der Waals surface area contributed by atoms with Crippen LogP contribution in [0.5, 0.6) is 0 Å². The Balaban J connectivity index is 3.04. The van der Waals surface area contributed by atoms with Crippen molar-refractivity contribution in [2.24, 2.45) is 0 Å². The zero-order chi connectivity index (χ0) is 11.5. The second-order valence-corrected chi connectivity index (χ2v) is 3.88. The third-order valence-electron chi connectivity index (χ3n) is 2.19. The van der Waals surface area contributed by atoms with Crippen molar-refractivity contribution in [1.29, 1.82) is 0 Å². The molecule has 5 heteroatoms. The Bertz CT molecular complexity index is 363. The minimum absolute atomic E-state index is 0.106. The first-order valence-corrected chi connectivity index (χ1v) is 4.54. The Morgan fingerprint density at radius 3 is 2.67 bits per heavy atom. The van der Waals surface area contributed by atoms with E-state index in [0.717, 1.165) is 5.69 Å². The van der Waals surface area contributed by atoms with E-state index >= 15 is 0 Å². The van der Waals surface area contributed by atoms with E-state index < -0.39 is 4.92 Å². The molecule has 5 nitrogen and oxygen atoms in total. The second-order valence-electron chi connectivity index (χ2n) is 3.88. The Labute approximate surface area is 88.6 Å². The highest BCUT2D eigenvalue weighted by Gasteiger charge is 2.20. The van der Waals surface area contributed by atoms with Gasteiger partial charge in [-0.25, -0.2) is 0 Å². The number of ether oxygens (including phenoxy) is 1. The molecule has 0 unspecified atom stereocenters. The number of nitro groups is 1. The number of nitro benzene ring substituents is 1. The molecule has 0 aromatic heterocycles. The van der Waals surface area contributed by atoms with E-state index in [9.17, 15) is 10.1 Å². The Morgan fingerprint density at radius 2 is 2.13 bits per heavy atom. The summed E-state index contributed by atoms with van der Waals surface area (Å²) in [6.07, 6.45) is 0. The van der Waals surface area contributed by atoms with Crippen LogP contribution in [-0.2, 0) is 4.74 Å². The third-order valence-corrected chi connectivity index (χ3v) is 2.19. The fourth-order valence-electron chi connectivity index (χ4n) is 1.38. The van der Waals surface area contributed by atoms with Crippen LogP contribution in [0, 0.1) is 10.1 Å². The van der Waals surface area contributed by atoms with E-state index in [1.54, 1.807) is 19.2 Å². The van der Waals surface area contributed by atoms with Gasteiger partial charge in [-0.3, -0.25) is 14.6 Å².